The van der Waals surface area contributed by atoms with Gasteiger partial charge in [0, 0.05) is 23.1 Å². The van der Waals surface area contributed by atoms with E-state index in [1.54, 1.807) is 18.7 Å². The van der Waals surface area contributed by atoms with Crippen molar-refractivity contribution >= 4 is 17.2 Å². The summed E-state index contributed by atoms with van der Waals surface area (Å²) in [5, 5.41) is 5.09. The molecule has 2 heterocycles. The summed E-state index contributed by atoms with van der Waals surface area (Å²) in [7, 11) is 1.70. The Morgan fingerprint density at radius 3 is 2.78 bits per heavy atom. The summed E-state index contributed by atoms with van der Waals surface area (Å²) in [6, 6.07) is 15.4. The lowest BCUT2D eigenvalue weighted by atomic mass is 10.0. The lowest BCUT2D eigenvalue weighted by molar-refractivity contribution is 0.0922. The first kappa shape index (κ1) is 22.3. The van der Waals surface area contributed by atoms with E-state index < -0.39 is 0 Å². The second kappa shape index (κ2) is 11.1. The quantitative estimate of drug-likeness (QED) is 0.511. The molecule has 1 atom stereocenters. The van der Waals surface area contributed by atoms with Crippen LogP contribution in [0.3, 0.4) is 0 Å². The molecule has 1 aromatic heterocycles. The predicted octanol–water partition coefficient (Wildman–Crippen LogP) is 4.69. The third-order valence-electron chi connectivity index (χ3n) is 5.75. The van der Waals surface area contributed by atoms with Gasteiger partial charge in [0.15, 0.2) is 0 Å². The second-order valence-corrected chi connectivity index (χ2v) is 8.58. The third-order valence-corrected chi connectivity index (χ3v) is 6.39. The van der Waals surface area contributed by atoms with Crippen LogP contribution < -0.4 is 14.8 Å². The zero-order chi connectivity index (χ0) is 22.2. The topological polar surface area (TPSA) is 63.7 Å². The van der Waals surface area contributed by atoms with E-state index in [1.165, 1.54) is 30.6 Å². The molecule has 1 fully saturated rings. The molecule has 0 radical (unpaired) electrons. The number of ether oxygens (including phenoxy) is 2. The molecule has 32 heavy (non-hydrogen) atoms. The molecule has 6 nitrogen and oxygen atoms in total. The smallest absolute Gasteiger partial charge is 0.251 e. The molecule has 1 unspecified atom stereocenters. The number of thiazole rings is 1. The number of hydrogen-bond donors (Lipinski definition) is 1. The average molecular weight is 452 g/mol. The molecule has 7 heteroatoms. The fourth-order valence-corrected chi connectivity index (χ4v) is 4.64. The fourth-order valence-electron chi connectivity index (χ4n) is 4.09. The zero-order valence-corrected chi connectivity index (χ0v) is 19.1. The van der Waals surface area contributed by atoms with Gasteiger partial charge in [0.25, 0.3) is 5.91 Å². The van der Waals surface area contributed by atoms with Crippen LogP contribution in [-0.4, -0.2) is 42.5 Å². The van der Waals surface area contributed by atoms with Crippen molar-refractivity contribution in [1.29, 1.82) is 0 Å². The first-order valence-electron chi connectivity index (χ1n) is 11.0. The molecule has 3 aromatic rings. The van der Waals surface area contributed by atoms with Crippen LogP contribution >= 0.6 is 11.3 Å². The Hall–Kier alpha value is -2.90. The number of methoxy groups -OCH3 is 1. The van der Waals surface area contributed by atoms with Gasteiger partial charge in [-0.05, 0) is 50.2 Å². The normalized spacial score (nSPS) is 15.2. The van der Waals surface area contributed by atoms with Crippen molar-refractivity contribution in [1.82, 2.24) is 15.2 Å². The molecule has 0 spiro atoms. The maximum Gasteiger partial charge on any atom is 0.251 e. The van der Waals surface area contributed by atoms with Crippen LogP contribution in [0.1, 0.15) is 46.9 Å². The molecule has 2 aromatic carbocycles. The van der Waals surface area contributed by atoms with Crippen LogP contribution in [-0.2, 0) is 6.61 Å². The van der Waals surface area contributed by atoms with E-state index in [-0.39, 0.29) is 11.9 Å². The molecule has 1 aliphatic rings. The first-order chi connectivity index (χ1) is 15.7. The SMILES string of the molecule is COc1ccccc1C(CNC(=O)c1cccc(OCc2cscn2)c1)N1CCCCC1. The van der Waals surface area contributed by atoms with Gasteiger partial charge in [-0.25, -0.2) is 4.98 Å². The van der Waals surface area contributed by atoms with Crippen molar-refractivity contribution < 1.29 is 14.3 Å². The lowest BCUT2D eigenvalue weighted by Gasteiger charge is -2.35. The Labute approximate surface area is 193 Å². The van der Waals surface area contributed by atoms with Crippen LogP contribution in [0.5, 0.6) is 11.5 Å². The summed E-state index contributed by atoms with van der Waals surface area (Å²) in [5.41, 5.74) is 4.35. The maximum atomic E-state index is 13.0. The third kappa shape index (κ3) is 5.66. The van der Waals surface area contributed by atoms with E-state index in [2.05, 4.69) is 21.3 Å². The van der Waals surface area contributed by atoms with Gasteiger partial charge in [-0.2, -0.15) is 0 Å². The highest BCUT2D eigenvalue weighted by atomic mass is 32.1. The van der Waals surface area contributed by atoms with Crippen molar-refractivity contribution in [2.24, 2.45) is 0 Å². The zero-order valence-electron chi connectivity index (χ0n) is 18.3. The molecule has 1 saturated heterocycles. The Kier molecular flexibility index (Phi) is 7.74. The Balaban J connectivity index is 1.44. The number of carbonyl (C=O) groups excluding carboxylic acids is 1. The molecule has 1 amide bonds. The van der Waals surface area contributed by atoms with Gasteiger partial charge < -0.3 is 14.8 Å². The van der Waals surface area contributed by atoms with Crippen LogP contribution in [0.4, 0.5) is 0 Å². The summed E-state index contributed by atoms with van der Waals surface area (Å²) in [6.07, 6.45) is 3.62. The van der Waals surface area contributed by atoms with Gasteiger partial charge in [0.05, 0.1) is 24.4 Å². The number of carbonyl (C=O) groups is 1. The number of benzene rings is 2. The number of amides is 1. The van der Waals surface area contributed by atoms with Crippen molar-refractivity contribution in [3.05, 3.63) is 76.2 Å². The largest absolute Gasteiger partial charge is 0.496 e. The average Bonchev–Trinajstić information content (AvgIpc) is 3.38. The first-order valence-corrected chi connectivity index (χ1v) is 11.9. The summed E-state index contributed by atoms with van der Waals surface area (Å²) in [6.45, 7) is 2.96. The van der Waals surface area contributed by atoms with Crippen LogP contribution in [0.25, 0.3) is 0 Å². The molecule has 0 saturated carbocycles. The number of likely N-dealkylation sites (tertiary alicyclic amines) is 1. The standard InChI is InChI=1S/C25H29N3O3S/c1-30-24-11-4-3-10-22(24)23(28-12-5-2-6-13-28)15-26-25(29)19-8-7-9-21(14-19)31-16-20-17-32-18-27-20/h3-4,7-11,14,17-18,23H,2,5-6,12-13,15-16H2,1H3,(H,26,29). The fraction of sp³-hybridized carbons (Fsp3) is 0.360. The van der Waals surface area contributed by atoms with E-state index in [1.807, 2.05) is 41.8 Å². The van der Waals surface area contributed by atoms with E-state index in [4.69, 9.17) is 9.47 Å². The molecule has 0 aliphatic carbocycles. The minimum absolute atomic E-state index is 0.0690. The van der Waals surface area contributed by atoms with Gasteiger partial charge >= 0.3 is 0 Å². The van der Waals surface area contributed by atoms with Gasteiger partial charge in [-0.3, -0.25) is 9.69 Å². The molecule has 1 N–H and O–H groups in total. The number of nitrogens with one attached hydrogen (secondary N) is 1. The number of para-hydroxylation sites is 1. The second-order valence-electron chi connectivity index (χ2n) is 7.86. The number of hydrogen-bond acceptors (Lipinski definition) is 6. The molecular weight excluding hydrogens is 422 g/mol. The van der Waals surface area contributed by atoms with E-state index >= 15 is 0 Å². The minimum Gasteiger partial charge on any atom is -0.496 e. The van der Waals surface area contributed by atoms with Crippen LogP contribution in [0.15, 0.2) is 59.4 Å². The van der Waals surface area contributed by atoms with E-state index in [0.717, 1.165) is 30.1 Å². The van der Waals surface area contributed by atoms with Gasteiger partial charge in [-0.15, -0.1) is 11.3 Å². The molecule has 168 valence electrons. The molecule has 4 rings (SSSR count). The van der Waals surface area contributed by atoms with Gasteiger partial charge in [0.1, 0.15) is 18.1 Å². The highest BCUT2D eigenvalue weighted by Gasteiger charge is 2.25. The monoisotopic (exact) mass is 451 g/mol. The highest BCUT2D eigenvalue weighted by molar-refractivity contribution is 7.07. The summed E-state index contributed by atoms with van der Waals surface area (Å²) in [5.74, 6) is 1.40. The number of piperidine rings is 1. The number of nitrogens with zero attached hydrogens (tertiary/aromatic N) is 2. The van der Waals surface area contributed by atoms with Crippen molar-refractivity contribution in [3.8, 4) is 11.5 Å². The summed E-state index contributed by atoms with van der Waals surface area (Å²) < 4.78 is 11.4. The summed E-state index contributed by atoms with van der Waals surface area (Å²) >= 11 is 1.54. The molecule has 0 bridgehead atoms. The molecule has 1 aliphatic heterocycles. The van der Waals surface area contributed by atoms with Crippen molar-refractivity contribution in [2.75, 3.05) is 26.7 Å². The molecular formula is C25H29N3O3S. The van der Waals surface area contributed by atoms with Crippen LogP contribution in [0, 0.1) is 0 Å². The minimum atomic E-state index is -0.110. The summed E-state index contributed by atoms with van der Waals surface area (Å²) in [4.78, 5) is 19.7. The number of rotatable bonds is 9. The number of aromatic nitrogens is 1. The predicted molar refractivity (Wildman–Crippen MR) is 126 cm³/mol. The Morgan fingerprint density at radius 1 is 1.16 bits per heavy atom. The van der Waals surface area contributed by atoms with E-state index in [9.17, 15) is 4.79 Å². The Morgan fingerprint density at radius 2 is 2.00 bits per heavy atom. The highest BCUT2D eigenvalue weighted by Crippen LogP contribution is 2.31. The van der Waals surface area contributed by atoms with Crippen LogP contribution in [0.2, 0.25) is 0 Å². The lowest BCUT2D eigenvalue weighted by Crippen LogP contribution is -2.40. The van der Waals surface area contributed by atoms with Gasteiger partial charge in [0.2, 0.25) is 0 Å². The van der Waals surface area contributed by atoms with Crippen molar-refractivity contribution in [2.45, 2.75) is 31.9 Å². The maximum absolute atomic E-state index is 13.0. The van der Waals surface area contributed by atoms with Gasteiger partial charge in [-0.1, -0.05) is 30.7 Å². The van der Waals surface area contributed by atoms with Crippen molar-refractivity contribution in [3.63, 3.8) is 0 Å². The Bertz CT molecular complexity index is 1000. The van der Waals surface area contributed by atoms with E-state index in [0.29, 0.717) is 24.5 Å².